The van der Waals surface area contributed by atoms with Crippen molar-refractivity contribution >= 4 is 5.91 Å². The van der Waals surface area contributed by atoms with Crippen LogP contribution in [0.2, 0.25) is 0 Å². The molecule has 1 unspecified atom stereocenters. The SMILES string of the molecule is CC(Cc1ccco1)NC(=O)Cn1ccccc1=O. The molecule has 2 rings (SSSR count). The van der Waals surface area contributed by atoms with Crippen LogP contribution >= 0.6 is 0 Å². The van der Waals surface area contributed by atoms with Gasteiger partial charge >= 0.3 is 0 Å². The average Bonchev–Trinajstić information content (AvgIpc) is 2.84. The predicted octanol–water partition coefficient (Wildman–Crippen LogP) is 1.19. The Morgan fingerprint density at radius 1 is 1.37 bits per heavy atom. The van der Waals surface area contributed by atoms with E-state index in [1.54, 1.807) is 24.6 Å². The monoisotopic (exact) mass is 260 g/mol. The summed E-state index contributed by atoms with van der Waals surface area (Å²) in [6.07, 6.45) is 3.83. The zero-order valence-electron chi connectivity index (χ0n) is 10.7. The molecule has 0 saturated heterocycles. The zero-order valence-corrected chi connectivity index (χ0v) is 10.7. The van der Waals surface area contributed by atoms with Crippen LogP contribution in [0.25, 0.3) is 0 Å². The van der Waals surface area contributed by atoms with Crippen molar-refractivity contribution in [3.8, 4) is 0 Å². The molecule has 2 aromatic rings. The maximum absolute atomic E-state index is 11.8. The number of furan rings is 1. The van der Waals surface area contributed by atoms with Gasteiger partial charge in [0.25, 0.3) is 5.56 Å². The van der Waals surface area contributed by atoms with Gasteiger partial charge in [-0.05, 0) is 25.1 Å². The van der Waals surface area contributed by atoms with Gasteiger partial charge < -0.3 is 14.3 Å². The normalized spacial score (nSPS) is 12.1. The van der Waals surface area contributed by atoms with Crippen LogP contribution in [0, 0.1) is 0 Å². The van der Waals surface area contributed by atoms with Crippen molar-refractivity contribution in [2.24, 2.45) is 0 Å². The minimum Gasteiger partial charge on any atom is -0.469 e. The molecule has 1 N–H and O–H groups in total. The first kappa shape index (κ1) is 13.1. The third-order valence-electron chi connectivity index (χ3n) is 2.71. The molecule has 100 valence electrons. The number of pyridine rings is 1. The summed E-state index contributed by atoms with van der Waals surface area (Å²) in [6.45, 7) is 1.93. The highest BCUT2D eigenvalue weighted by Gasteiger charge is 2.10. The minimum absolute atomic E-state index is 0.0299. The fraction of sp³-hybridized carbons (Fsp3) is 0.286. The third-order valence-corrected chi connectivity index (χ3v) is 2.71. The number of amides is 1. The Balaban J connectivity index is 1.87. The summed E-state index contributed by atoms with van der Waals surface area (Å²) in [7, 11) is 0. The number of carbonyl (C=O) groups is 1. The van der Waals surface area contributed by atoms with E-state index in [1.807, 2.05) is 19.1 Å². The predicted molar refractivity (Wildman–Crippen MR) is 70.7 cm³/mol. The largest absolute Gasteiger partial charge is 0.469 e. The molecule has 0 radical (unpaired) electrons. The van der Waals surface area contributed by atoms with Crippen LogP contribution in [0.4, 0.5) is 0 Å². The standard InChI is InChI=1S/C14H16N2O3/c1-11(9-12-5-4-8-19-12)15-13(17)10-16-7-3-2-6-14(16)18/h2-8,11H,9-10H2,1H3,(H,15,17). The first-order valence-corrected chi connectivity index (χ1v) is 6.12. The van der Waals surface area contributed by atoms with Crippen LogP contribution in [-0.2, 0) is 17.8 Å². The Labute approximate surface area is 110 Å². The molecule has 0 spiro atoms. The molecule has 19 heavy (non-hydrogen) atoms. The van der Waals surface area contributed by atoms with Gasteiger partial charge in [-0.1, -0.05) is 6.07 Å². The number of carbonyl (C=O) groups excluding carboxylic acids is 1. The molecule has 2 aromatic heterocycles. The van der Waals surface area contributed by atoms with E-state index >= 15 is 0 Å². The van der Waals surface area contributed by atoms with E-state index in [4.69, 9.17) is 4.42 Å². The summed E-state index contributed by atoms with van der Waals surface area (Å²) in [5.74, 6) is 0.636. The van der Waals surface area contributed by atoms with E-state index < -0.39 is 0 Å². The van der Waals surface area contributed by atoms with Crippen LogP contribution in [-0.4, -0.2) is 16.5 Å². The molecule has 0 fully saturated rings. The third kappa shape index (κ3) is 3.84. The molecule has 5 nitrogen and oxygen atoms in total. The summed E-state index contributed by atoms with van der Waals surface area (Å²) in [6, 6.07) is 8.44. The number of nitrogens with zero attached hydrogens (tertiary/aromatic N) is 1. The lowest BCUT2D eigenvalue weighted by molar-refractivity contribution is -0.122. The lowest BCUT2D eigenvalue weighted by Crippen LogP contribution is -2.38. The average molecular weight is 260 g/mol. The van der Waals surface area contributed by atoms with Gasteiger partial charge in [0.1, 0.15) is 12.3 Å². The maximum atomic E-state index is 11.8. The van der Waals surface area contributed by atoms with Crippen LogP contribution in [0.5, 0.6) is 0 Å². The van der Waals surface area contributed by atoms with Gasteiger partial charge in [-0.15, -0.1) is 0 Å². The first-order valence-electron chi connectivity index (χ1n) is 6.12. The maximum Gasteiger partial charge on any atom is 0.250 e. The van der Waals surface area contributed by atoms with E-state index in [9.17, 15) is 9.59 Å². The Morgan fingerprint density at radius 3 is 2.89 bits per heavy atom. The van der Waals surface area contributed by atoms with Gasteiger partial charge in [0.2, 0.25) is 5.91 Å². The van der Waals surface area contributed by atoms with Crippen LogP contribution < -0.4 is 10.9 Å². The second kappa shape index (κ2) is 6.04. The topological polar surface area (TPSA) is 64.2 Å². The molecule has 0 aliphatic rings. The van der Waals surface area contributed by atoms with Crippen LogP contribution in [0.15, 0.2) is 52.0 Å². The number of hydrogen-bond acceptors (Lipinski definition) is 3. The van der Waals surface area contributed by atoms with E-state index in [0.29, 0.717) is 6.42 Å². The van der Waals surface area contributed by atoms with Gasteiger partial charge in [-0.25, -0.2) is 0 Å². The lowest BCUT2D eigenvalue weighted by Gasteiger charge is -2.13. The van der Waals surface area contributed by atoms with Gasteiger partial charge in [-0.2, -0.15) is 0 Å². The van der Waals surface area contributed by atoms with Gasteiger partial charge in [-0.3, -0.25) is 9.59 Å². The van der Waals surface area contributed by atoms with Gasteiger partial charge in [0.15, 0.2) is 0 Å². The second-order valence-electron chi connectivity index (χ2n) is 4.42. The molecular formula is C14H16N2O3. The number of rotatable bonds is 5. The summed E-state index contributed by atoms with van der Waals surface area (Å²) < 4.78 is 6.59. The zero-order chi connectivity index (χ0) is 13.7. The second-order valence-corrected chi connectivity index (χ2v) is 4.42. The van der Waals surface area contributed by atoms with Crippen molar-refractivity contribution in [2.75, 3.05) is 0 Å². The Kier molecular flexibility index (Phi) is 4.18. The lowest BCUT2D eigenvalue weighted by atomic mass is 10.2. The fourth-order valence-corrected chi connectivity index (χ4v) is 1.85. The van der Waals surface area contributed by atoms with E-state index in [2.05, 4.69) is 5.32 Å². The Hall–Kier alpha value is -2.30. The summed E-state index contributed by atoms with van der Waals surface area (Å²) >= 11 is 0. The highest BCUT2D eigenvalue weighted by molar-refractivity contribution is 5.76. The summed E-state index contributed by atoms with van der Waals surface area (Å²) in [5.41, 5.74) is -0.184. The van der Waals surface area contributed by atoms with Crippen molar-refractivity contribution < 1.29 is 9.21 Å². The van der Waals surface area contributed by atoms with E-state index in [0.717, 1.165) is 5.76 Å². The minimum atomic E-state index is -0.188. The molecule has 1 amide bonds. The van der Waals surface area contributed by atoms with E-state index in [1.165, 1.54) is 10.6 Å². The molecule has 0 bridgehead atoms. The van der Waals surface area contributed by atoms with Crippen molar-refractivity contribution in [1.29, 1.82) is 0 Å². The smallest absolute Gasteiger partial charge is 0.250 e. The number of hydrogen-bond donors (Lipinski definition) is 1. The van der Waals surface area contributed by atoms with Crippen molar-refractivity contribution in [2.45, 2.75) is 25.9 Å². The molecule has 1 atom stereocenters. The van der Waals surface area contributed by atoms with E-state index in [-0.39, 0.29) is 24.1 Å². The van der Waals surface area contributed by atoms with Crippen molar-refractivity contribution in [1.82, 2.24) is 9.88 Å². The highest BCUT2D eigenvalue weighted by atomic mass is 16.3. The molecular weight excluding hydrogens is 244 g/mol. The van der Waals surface area contributed by atoms with Crippen LogP contribution in [0.3, 0.4) is 0 Å². The molecule has 5 heteroatoms. The number of aromatic nitrogens is 1. The molecule has 0 aliphatic heterocycles. The summed E-state index contributed by atoms with van der Waals surface area (Å²) in [5, 5.41) is 2.84. The van der Waals surface area contributed by atoms with Crippen LogP contribution in [0.1, 0.15) is 12.7 Å². The fourth-order valence-electron chi connectivity index (χ4n) is 1.85. The van der Waals surface area contributed by atoms with Crippen molar-refractivity contribution in [3.05, 3.63) is 58.9 Å². The molecule has 0 saturated carbocycles. The van der Waals surface area contributed by atoms with Crippen molar-refractivity contribution in [3.63, 3.8) is 0 Å². The van der Waals surface area contributed by atoms with Gasteiger partial charge in [0, 0.05) is 24.7 Å². The summed E-state index contributed by atoms with van der Waals surface area (Å²) in [4.78, 5) is 23.3. The quantitative estimate of drug-likeness (QED) is 0.878. The Bertz CT molecular complexity index is 587. The Morgan fingerprint density at radius 2 is 2.21 bits per heavy atom. The molecule has 0 aliphatic carbocycles. The molecule has 0 aromatic carbocycles. The first-order chi connectivity index (χ1) is 9.15. The highest BCUT2D eigenvalue weighted by Crippen LogP contribution is 2.03. The van der Waals surface area contributed by atoms with Gasteiger partial charge in [0.05, 0.1) is 6.26 Å². The molecule has 2 heterocycles. The number of nitrogens with one attached hydrogen (secondary N) is 1.